The molecule has 5 nitrogen and oxygen atoms in total. The molecule has 0 unspecified atom stereocenters. The first-order chi connectivity index (χ1) is 11.9. The smallest absolute Gasteiger partial charge is 0.253 e. The Morgan fingerprint density at radius 2 is 1.92 bits per heavy atom. The minimum Gasteiger partial charge on any atom is -0.491 e. The Morgan fingerprint density at radius 3 is 2.52 bits per heavy atom. The Bertz CT molecular complexity index is 681. The molecule has 1 heterocycles. The van der Waals surface area contributed by atoms with Gasteiger partial charge in [0.15, 0.2) is 5.11 Å². The lowest BCUT2D eigenvalue weighted by Crippen LogP contribution is -2.47. The fourth-order valence-corrected chi connectivity index (χ4v) is 3.24. The van der Waals surface area contributed by atoms with Crippen molar-refractivity contribution in [3.05, 3.63) is 41.1 Å². The molecule has 0 radical (unpaired) electrons. The van der Waals surface area contributed by atoms with Crippen molar-refractivity contribution in [1.82, 2.24) is 15.5 Å². The molecule has 0 saturated carbocycles. The van der Waals surface area contributed by atoms with Gasteiger partial charge in [-0.05, 0) is 52.9 Å². The number of rotatable bonds is 6. The fourth-order valence-electron chi connectivity index (χ4n) is 2.97. The average Bonchev–Trinajstić information content (AvgIpc) is 2.55. The van der Waals surface area contributed by atoms with E-state index in [1.54, 1.807) is 0 Å². The second kappa shape index (κ2) is 8.34. The molecule has 0 aliphatic carbocycles. The number of allylic oxidation sites excluding steroid dienone is 1. The molecule has 0 fully saturated rings. The van der Waals surface area contributed by atoms with Crippen molar-refractivity contribution in [3.63, 3.8) is 0 Å². The summed E-state index contributed by atoms with van der Waals surface area (Å²) in [7, 11) is 0. The standard InChI is InChI=1S/C19H27N3O2S/c1-6-22(7-2)18(23)16-13(5)20-19(25)21-17(16)14-10-8-9-11-15(14)24-12(3)4/h8-12,17H,6-7H2,1-5H3,(H2,20,21,25)/t17-/m1/s1. The summed E-state index contributed by atoms with van der Waals surface area (Å²) >= 11 is 5.33. The highest BCUT2D eigenvalue weighted by molar-refractivity contribution is 7.80. The molecule has 136 valence electrons. The second-order valence-corrected chi connectivity index (χ2v) is 6.66. The van der Waals surface area contributed by atoms with E-state index in [1.807, 2.05) is 63.8 Å². The van der Waals surface area contributed by atoms with Gasteiger partial charge < -0.3 is 20.3 Å². The molecular formula is C19H27N3O2S. The maximum absolute atomic E-state index is 13.1. The normalized spacial score (nSPS) is 17.2. The molecule has 1 aromatic rings. The maximum Gasteiger partial charge on any atom is 0.253 e. The zero-order valence-electron chi connectivity index (χ0n) is 15.6. The number of hydrogen-bond donors (Lipinski definition) is 2. The third-order valence-electron chi connectivity index (χ3n) is 4.14. The van der Waals surface area contributed by atoms with Crippen LogP contribution in [0.3, 0.4) is 0 Å². The van der Waals surface area contributed by atoms with E-state index in [1.165, 1.54) is 0 Å². The van der Waals surface area contributed by atoms with Crippen molar-refractivity contribution < 1.29 is 9.53 Å². The molecule has 1 aliphatic heterocycles. The molecular weight excluding hydrogens is 334 g/mol. The lowest BCUT2D eigenvalue weighted by atomic mass is 9.93. The summed E-state index contributed by atoms with van der Waals surface area (Å²) in [5.41, 5.74) is 2.37. The number of para-hydroxylation sites is 1. The largest absolute Gasteiger partial charge is 0.491 e. The van der Waals surface area contributed by atoms with Crippen LogP contribution in [0.5, 0.6) is 5.75 Å². The zero-order chi connectivity index (χ0) is 18.6. The monoisotopic (exact) mass is 361 g/mol. The molecule has 2 rings (SSSR count). The van der Waals surface area contributed by atoms with Gasteiger partial charge in [-0.3, -0.25) is 4.79 Å². The predicted octanol–water partition coefficient (Wildman–Crippen LogP) is 3.14. The van der Waals surface area contributed by atoms with E-state index in [0.717, 1.165) is 17.0 Å². The highest BCUT2D eigenvalue weighted by Gasteiger charge is 2.33. The Kier molecular flexibility index (Phi) is 6.42. The Morgan fingerprint density at radius 1 is 1.28 bits per heavy atom. The van der Waals surface area contributed by atoms with Crippen LogP contribution in [-0.4, -0.2) is 35.1 Å². The lowest BCUT2D eigenvalue weighted by molar-refractivity contribution is -0.127. The Hall–Kier alpha value is -2.08. The number of amides is 1. The molecule has 6 heteroatoms. The van der Waals surface area contributed by atoms with Crippen LogP contribution in [0.4, 0.5) is 0 Å². The van der Waals surface area contributed by atoms with Crippen molar-refractivity contribution in [3.8, 4) is 5.75 Å². The number of hydrogen-bond acceptors (Lipinski definition) is 3. The summed E-state index contributed by atoms with van der Waals surface area (Å²) in [5.74, 6) is 0.770. The number of thiocarbonyl (C=S) groups is 1. The van der Waals surface area contributed by atoms with Crippen LogP contribution in [0.15, 0.2) is 35.5 Å². The number of carbonyl (C=O) groups is 1. The molecule has 1 atom stereocenters. The molecule has 0 spiro atoms. The third-order valence-corrected chi connectivity index (χ3v) is 4.36. The van der Waals surface area contributed by atoms with Gasteiger partial charge in [0.2, 0.25) is 0 Å². The van der Waals surface area contributed by atoms with Gasteiger partial charge in [0.1, 0.15) is 5.75 Å². The first kappa shape index (κ1) is 19.2. The van der Waals surface area contributed by atoms with E-state index in [0.29, 0.717) is 23.8 Å². The van der Waals surface area contributed by atoms with E-state index in [9.17, 15) is 4.79 Å². The van der Waals surface area contributed by atoms with E-state index >= 15 is 0 Å². The average molecular weight is 362 g/mol. The summed E-state index contributed by atoms with van der Waals surface area (Å²) in [6, 6.07) is 7.45. The molecule has 2 N–H and O–H groups in total. The summed E-state index contributed by atoms with van der Waals surface area (Å²) in [5, 5.41) is 6.84. The number of carbonyl (C=O) groups excluding carboxylic acids is 1. The predicted molar refractivity (Wildman–Crippen MR) is 104 cm³/mol. The van der Waals surface area contributed by atoms with Crippen LogP contribution in [0.1, 0.15) is 46.2 Å². The third kappa shape index (κ3) is 4.31. The summed E-state index contributed by atoms with van der Waals surface area (Å²) in [6.45, 7) is 11.1. The van der Waals surface area contributed by atoms with Gasteiger partial charge in [-0.25, -0.2) is 0 Å². The highest BCUT2D eigenvalue weighted by Crippen LogP contribution is 2.34. The summed E-state index contributed by atoms with van der Waals surface area (Å²) in [4.78, 5) is 14.9. The molecule has 0 bridgehead atoms. The van der Waals surface area contributed by atoms with E-state index in [-0.39, 0.29) is 18.1 Å². The van der Waals surface area contributed by atoms with Gasteiger partial charge in [0.25, 0.3) is 5.91 Å². The maximum atomic E-state index is 13.1. The minimum atomic E-state index is -0.336. The van der Waals surface area contributed by atoms with Crippen LogP contribution in [0.25, 0.3) is 0 Å². The van der Waals surface area contributed by atoms with Crippen LogP contribution in [0.2, 0.25) is 0 Å². The molecule has 1 aromatic carbocycles. The number of ether oxygens (including phenoxy) is 1. The van der Waals surface area contributed by atoms with Crippen LogP contribution in [-0.2, 0) is 4.79 Å². The molecule has 0 aromatic heterocycles. The molecule has 25 heavy (non-hydrogen) atoms. The van der Waals surface area contributed by atoms with Gasteiger partial charge in [0.05, 0.1) is 17.7 Å². The topological polar surface area (TPSA) is 53.6 Å². The van der Waals surface area contributed by atoms with Crippen molar-refractivity contribution in [2.45, 2.75) is 46.8 Å². The van der Waals surface area contributed by atoms with Crippen molar-refractivity contribution in [2.75, 3.05) is 13.1 Å². The van der Waals surface area contributed by atoms with Gasteiger partial charge in [0, 0.05) is 24.4 Å². The molecule has 1 aliphatic rings. The molecule has 1 amide bonds. The number of benzene rings is 1. The van der Waals surface area contributed by atoms with Gasteiger partial charge >= 0.3 is 0 Å². The Balaban J connectivity index is 2.52. The quantitative estimate of drug-likeness (QED) is 0.763. The van der Waals surface area contributed by atoms with E-state index in [4.69, 9.17) is 17.0 Å². The van der Waals surface area contributed by atoms with Crippen LogP contribution >= 0.6 is 12.2 Å². The van der Waals surface area contributed by atoms with Crippen LogP contribution < -0.4 is 15.4 Å². The number of nitrogens with zero attached hydrogens (tertiary/aromatic N) is 1. The van der Waals surface area contributed by atoms with Crippen molar-refractivity contribution in [2.24, 2.45) is 0 Å². The zero-order valence-corrected chi connectivity index (χ0v) is 16.4. The van der Waals surface area contributed by atoms with Gasteiger partial charge in [-0.1, -0.05) is 18.2 Å². The van der Waals surface area contributed by atoms with Gasteiger partial charge in [-0.15, -0.1) is 0 Å². The first-order valence-electron chi connectivity index (χ1n) is 8.72. The SMILES string of the molecule is CCN(CC)C(=O)C1=C(C)NC(=S)N[C@@H]1c1ccccc1OC(C)C. The number of likely N-dealkylation sites (N-methyl/N-ethyl adjacent to an activating group) is 1. The summed E-state index contributed by atoms with van der Waals surface area (Å²) in [6.07, 6.45) is 0.0434. The van der Waals surface area contributed by atoms with Gasteiger partial charge in [-0.2, -0.15) is 0 Å². The fraction of sp³-hybridized carbons (Fsp3) is 0.474. The first-order valence-corrected chi connectivity index (χ1v) is 9.12. The lowest BCUT2D eigenvalue weighted by Gasteiger charge is -2.33. The molecule has 0 saturated heterocycles. The van der Waals surface area contributed by atoms with Crippen molar-refractivity contribution in [1.29, 1.82) is 0 Å². The highest BCUT2D eigenvalue weighted by atomic mass is 32.1. The number of nitrogens with one attached hydrogen (secondary N) is 2. The van der Waals surface area contributed by atoms with E-state index in [2.05, 4.69) is 10.6 Å². The second-order valence-electron chi connectivity index (χ2n) is 6.25. The van der Waals surface area contributed by atoms with Crippen molar-refractivity contribution >= 4 is 23.2 Å². The van der Waals surface area contributed by atoms with Crippen LogP contribution in [0, 0.1) is 0 Å². The Labute approximate surface area is 155 Å². The van der Waals surface area contributed by atoms with E-state index < -0.39 is 0 Å². The summed E-state index contributed by atoms with van der Waals surface area (Å²) < 4.78 is 5.96. The minimum absolute atomic E-state index is 0.00866.